The normalized spacial score (nSPS) is 10.7. The van der Waals surface area contributed by atoms with E-state index in [2.05, 4.69) is 32.3 Å². The second-order valence-electron chi connectivity index (χ2n) is 4.49. The molecule has 0 aliphatic carbocycles. The maximum atomic E-state index is 5.83. The standard InChI is InChI=1S/C15H12BrN3S2/c16-13-6-5-9(21-13)7-19-14-10-3-1-2-4-12(10)18-8-11(14)15(17)20/h1-6,8H,7H2,(H2,17,20)(H,18,19). The molecule has 0 saturated carbocycles. The summed E-state index contributed by atoms with van der Waals surface area (Å²) >= 11 is 10.3. The topological polar surface area (TPSA) is 50.9 Å². The number of benzene rings is 1. The van der Waals surface area contributed by atoms with E-state index in [4.69, 9.17) is 18.0 Å². The highest BCUT2D eigenvalue weighted by Gasteiger charge is 2.11. The van der Waals surface area contributed by atoms with Crippen LogP contribution in [-0.4, -0.2) is 9.97 Å². The molecule has 3 nitrogen and oxygen atoms in total. The number of aromatic nitrogens is 1. The van der Waals surface area contributed by atoms with Crippen LogP contribution in [0.5, 0.6) is 0 Å². The number of thiophene rings is 1. The number of fused-ring (bicyclic) bond motifs is 1. The number of hydrogen-bond donors (Lipinski definition) is 2. The summed E-state index contributed by atoms with van der Waals surface area (Å²) in [6.45, 7) is 0.722. The van der Waals surface area contributed by atoms with E-state index in [1.54, 1.807) is 17.5 Å². The molecule has 3 aromatic rings. The molecule has 3 N–H and O–H groups in total. The molecule has 0 atom stereocenters. The number of nitrogens with zero attached hydrogens (tertiary/aromatic N) is 1. The van der Waals surface area contributed by atoms with Gasteiger partial charge in [-0.2, -0.15) is 0 Å². The monoisotopic (exact) mass is 377 g/mol. The van der Waals surface area contributed by atoms with Gasteiger partial charge in [0.15, 0.2) is 0 Å². The summed E-state index contributed by atoms with van der Waals surface area (Å²) in [7, 11) is 0. The highest BCUT2D eigenvalue weighted by molar-refractivity contribution is 9.11. The van der Waals surface area contributed by atoms with Crippen LogP contribution in [0.15, 0.2) is 46.4 Å². The zero-order chi connectivity index (χ0) is 14.8. The number of anilines is 1. The maximum Gasteiger partial charge on any atom is 0.107 e. The fraction of sp³-hybridized carbons (Fsp3) is 0.0667. The summed E-state index contributed by atoms with van der Waals surface area (Å²) in [6, 6.07) is 12.1. The van der Waals surface area contributed by atoms with Gasteiger partial charge in [0.25, 0.3) is 0 Å². The molecule has 0 amide bonds. The molecule has 0 bridgehead atoms. The Balaban J connectivity index is 2.01. The molecule has 6 heteroatoms. The molecule has 3 rings (SSSR count). The SMILES string of the molecule is NC(=S)c1cnc2ccccc2c1NCc1ccc(Br)s1. The van der Waals surface area contributed by atoms with Gasteiger partial charge >= 0.3 is 0 Å². The van der Waals surface area contributed by atoms with Crippen molar-refractivity contribution in [1.29, 1.82) is 0 Å². The second-order valence-corrected chi connectivity index (χ2v) is 7.48. The largest absolute Gasteiger partial charge is 0.389 e. The number of rotatable bonds is 4. The van der Waals surface area contributed by atoms with E-state index < -0.39 is 0 Å². The lowest BCUT2D eigenvalue weighted by Gasteiger charge is -2.13. The Morgan fingerprint density at radius 2 is 2.10 bits per heavy atom. The third-order valence-corrected chi connectivity index (χ3v) is 4.95. The van der Waals surface area contributed by atoms with Crippen LogP contribution in [0.2, 0.25) is 0 Å². The number of para-hydroxylation sites is 1. The zero-order valence-corrected chi connectivity index (χ0v) is 14.2. The van der Waals surface area contributed by atoms with Crippen molar-refractivity contribution in [2.45, 2.75) is 6.54 Å². The number of hydrogen-bond acceptors (Lipinski definition) is 4. The van der Waals surface area contributed by atoms with Gasteiger partial charge in [-0.25, -0.2) is 0 Å². The molecule has 106 valence electrons. The van der Waals surface area contributed by atoms with Crippen LogP contribution in [0.3, 0.4) is 0 Å². The van der Waals surface area contributed by atoms with Crippen molar-refractivity contribution < 1.29 is 0 Å². The Morgan fingerprint density at radius 3 is 2.81 bits per heavy atom. The van der Waals surface area contributed by atoms with E-state index >= 15 is 0 Å². The van der Waals surface area contributed by atoms with E-state index in [0.29, 0.717) is 4.99 Å². The highest BCUT2D eigenvalue weighted by Crippen LogP contribution is 2.28. The third kappa shape index (κ3) is 3.07. The molecular formula is C15H12BrN3S2. The molecule has 2 aromatic heterocycles. The lowest BCUT2D eigenvalue weighted by atomic mass is 10.1. The van der Waals surface area contributed by atoms with Gasteiger partial charge in [0.2, 0.25) is 0 Å². The molecule has 0 unspecified atom stereocenters. The first-order chi connectivity index (χ1) is 10.1. The second kappa shape index (κ2) is 6.09. The van der Waals surface area contributed by atoms with Crippen molar-refractivity contribution in [3.05, 3.63) is 56.8 Å². The van der Waals surface area contributed by atoms with Gasteiger partial charge in [0.05, 0.1) is 20.6 Å². The number of thiocarbonyl (C=S) groups is 1. The highest BCUT2D eigenvalue weighted by atomic mass is 79.9. The molecule has 0 saturated heterocycles. The smallest absolute Gasteiger partial charge is 0.107 e. The number of nitrogens with two attached hydrogens (primary N) is 1. The Labute approximate surface area is 140 Å². The van der Waals surface area contributed by atoms with Gasteiger partial charge in [-0.3, -0.25) is 4.98 Å². The van der Waals surface area contributed by atoms with Crippen LogP contribution >= 0.6 is 39.5 Å². The quantitative estimate of drug-likeness (QED) is 0.665. The Kier molecular flexibility index (Phi) is 4.19. The van der Waals surface area contributed by atoms with Gasteiger partial charge in [0.1, 0.15) is 4.99 Å². The minimum atomic E-state index is 0.350. The van der Waals surface area contributed by atoms with E-state index in [1.807, 2.05) is 30.3 Å². The van der Waals surface area contributed by atoms with Crippen LogP contribution in [0.4, 0.5) is 5.69 Å². The summed E-state index contributed by atoms with van der Waals surface area (Å²) in [5, 5.41) is 4.48. The van der Waals surface area contributed by atoms with E-state index in [-0.39, 0.29) is 0 Å². The Bertz CT molecular complexity index is 814. The Morgan fingerprint density at radius 1 is 1.29 bits per heavy atom. The van der Waals surface area contributed by atoms with Crippen LogP contribution in [0.1, 0.15) is 10.4 Å². The van der Waals surface area contributed by atoms with Crippen LogP contribution in [0.25, 0.3) is 10.9 Å². The van der Waals surface area contributed by atoms with E-state index in [0.717, 1.165) is 32.5 Å². The van der Waals surface area contributed by atoms with Gasteiger partial charge < -0.3 is 11.1 Å². The number of nitrogens with one attached hydrogen (secondary N) is 1. The molecule has 0 spiro atoms. The van der Waals surface area contributed by atoms with Crippen molar-refractivity contribution in [2.75, 3.05) is 5.32 Å². The molecule has 0 aliphatic rings. The van der Waals surface area contributed by atoms with E-state index in [1.165, 1.54) is 4.88 Å². The predicted octanol–water partition coefficient (Wildman–Crippen LogP) is 4.31. The molecule has 0 radical (unpaired) electrons. The van der Waals surface area contributed by atoms with Crippen molar-refractivity contribution in [2.24, 2.45) is 5.73 Å². The maximum absolute atomic E-state index is 5.83. The van der Waals surface area contributed by atoms with Crippen LogP contribution < -0.4 is 11.1 Å². The minimum absolute atomic E-state index is 0.350. The first-order valence-corrected chi connectivity index (χ1v) is 8.32. The van der Waals surface area contributed by atoms with Crippen molar-refractivity contribution >= 4 is 61.1 Å². The van der Waals surface area contributed by atoms with Gasteiger partial charge in [0, 0.05) is 23.0 Å². The lowest BCUT2D eigenvalue weighted by molar-refractivity contribution is 1.19. The summed E-state index contributed by atoms with van der Waals surface area (Å²) in [6.07, 6.45) is 1.73. The average molecular weight is 378 g/mol. The summed E-state index contributed by atoms with van der Waals surface area (Å²) in [5.41, 5.74) is 8.47. The van der Waals surface area contributed by atoms with Crippen LogP contribution in [0, 0.1) is 0 Å². The number of pyridine rings is 1. The molecular weight excluding hydrogens is 366 g/mol. The summed E-state index contributed by atoms with van der Waals surface area (Å²) in [5.74, 6) is 0. The number of halogens is 1. The van der Waals surface area contributed by atoms with E-state index in [9.17, 15) is 0 Å². The molecule has 0 aliphatic heterocycles. The summed E-state index contributed by atoms with van der Waals surface area (Å²) < 4.78 is 1.12. The van der Waals surface area contributed by atoms with Crippen molar-refractivity contribution in [3.63, 3.8) is 0 Å². The molecule has 21 heavy (non-hydrogen) atoms. The first kappa shape index (κ1) is 14.4. The fourth-order valence-electron chi connectivity index (χ4n) is 2.14. The van der Waals surface area contributed by atoms with Gasteiger partial charge in [-0.1, -0.05) is 30.4 Å². The molecule has 0 fully saturated rings. The predicted molar refractivity (Wildman–Crippen MR) is 97.0 cm³/mol. The van der Waals surface area contributed by atoms with Gasteiger partial charge in [-0.15, -0.1) is 11.3 Å². The van der Waals surface area contributed by atoms with Crippen molar-refractivity contribution in [3.8, 4) is 0 Å². The Hall–Kier alpha value is -1.50. The minimum Gasteiger partial charge on any atom is -0.389 e. The van der Waals surface area contributed by atoms with Crippen LogP contribution in [-0.2, 0) is 6.54 Å². The third-order valence-electron chi connectivity index (χ3n) is 3.11. The zero-order valence-electron chi connectivity index (χ0n) is 11.0. The summed E-state index contributed by atoms with van der Waals surface area (Å²) in [4.78, 5) is 5.99. The van der Waals surface area contributed by atoms with Crippen molar-refractivity contribution in [1.82, 2.24) is 4.98 Å². The molecule has 2 heterocycles. The van der Waals surface area contributed by atoms with Gasteiger partial charge in [-0.05, 0) is 34.1 Å². The fourth-order valence-corrected chi connectivity index (χ4v) is 3.72. The first-order valence-electron chi connectivity index (χ1n) is 6.31. The average Bonchev–Trinajstić information content (AvgIpc) is 2.90. The lowest BCUT2D eigenvalue weighted by Crippen LogP contribution is -2.14. The molecule has 1 aromatic carbocycles.